The van der Waals surface area contributed by atoms with Crippen molar-refractivity contribution >= 4 is 0 Å². The van der Waals surface area contributed by atoms with E-state index in [2.05, 4.69) is 35.9 Å². The fraction of sp³-hybridized carbons (Fsp3) is 1.00. The number of piperidine rings is 2. The quantitative estimate of drug-likeness (QED) is 0.807. The van der Waals surface area contributed by atoms with Gasteiger partial charge >= 0.3 is 0 Å². The van der Waals surface area contributed by atoms with Crippen molar-refractivity contribution in [2.24, 2.45) is 5.92 Å². The molecular weight excluding hydrogens is 246 g/mol. The molecule has 0 aromatic heterocycles. The fourth-order valence-corrected chi connectivity index (χ4v) is 3.94. The van der Waals surface area contributed by atoms with E-state index in [9.17, 15) is 0 Å². The molecule has 2 saturated heterocycles. The van der Waals surface area contributed by atoms with E-state index >= 15 is 0 Å². The monoisotopic (exact) mass is 281 g/mol. The van der Waals surface area contributed by atoms with Crippen molar-refractivity contribution in [3.05, 3.63) is 0 Å². The van der Waals surface area contributed by atoms with Gasteiger partial charge in [0.15, 0.2) is 0 Å². The van der Waals surface area contributed by atoms with E-state index in [1.807, 2.05) is 0 Å². The maximum absolute atomic E-state index is 3.87. The molecule has 2 atom stereocenters. The Kier molecular flexibility index (Phi) is 6.79. The molecule has 0 bridgehead atoms. The summed E-state index contributed by atoms with van der Waals surface area (Å²) in [6.45, 7) is 14.7. The maximum atomic E-state index is 3.87. The molecule has 118 valence electrons. The van der Waals surface area contributed by atoms with Gasteiger partial charge in [0.05, 0.1) is 0 Å². The molecular formula is C17H35N3. The molecule has 0 aliphatic carbocycles. The Hall–Kier alpha value is -0.120. The lowest BCUT2D eigenvalue weighted by Crippen LogP contribution is -2.48. The minimum atomic E-state index is 0.632. The predicted octanol–water partition coefficient (Wildman–Crippen LogP) is 2.57. The van der Waals surface area contributed by atoms with Crippen molar-refractivity contribution < 1.29 is 0 Å². The molecule has 0 amide bonds. The van der Waals surface area contributed by atoms with Crippen LogP contribution in [0.15, 0.2) is 0 Å². The predicted molar refractivity (Wildman–Crippen MR) is 87.2 cm³/mol. The third-order valence-electron chi connectivity index (χ3n) is 5.31. The molecule has 2 unspecified atom stereocenters. The molecule has 2 fully saturated rings. The van der Waals surface area contributed by atoms with Crippen LogP contribution in [-0.4, -0.2) is 61.2 Å². The van der Waals surface area contributed by atoms with Gasteiger partial charge in [0.25, 0.3) is 0 Å². The van der Waals surface area contributed by atoms with E-state index in [-0.39, 0.29) is 0 Å². The van der Waals surface area contributed by atoms with Crippen LogP contribution < -0.4 is 5.32 Å². The van der Waals surface area contributed by atoms with Gasteiger partial charge < -0.3 is 15.1 Å². The van der Waals surface area contributed by atoms with Crippen LogP contribution in [0.3, 0.4) is 0 Å². The standard InChI is InChI=1S/C17H35N3/c1-4-19-12-8-17(9-13-19)16(3)18-15(2)14-20-10-6-5-7-11-20/h15-18H,4-14H2,1-3H3. The molecule has 0 radical (unpaired) electrons. The van der Waals surface area contributed by atoms with Gasteiger partial charge in [-0.25, -0.2) is 0 Å². The zero-order chi connectivity index (χ0) is 14.4. The summed E-state index contributed by atoms with van der Waals surface area (Å²) in [6.07, 6.45) is 6.98. The van der Waals surface area contributed by atoms with Gasteiger partial charge in [0.1, 0.15) is 0 Å². The number of hydrogen-bond acceptors (Lipinski definition) is 3. The molecule has 1 N–H and O–H groups in total. The number of nitrogens with one attached hydrogen (secondary N) is 1. The van der Waals surface area contributed by atoms with Crippen LogP contribution in [-0.2, 0) is 0 Å². The van der Waals surface area contributed by atoms with Gasteiger partial charge in [-0.05, 0) is 78.2 Å². The van der Waals surface area contributed by atoms with Gasteiger partial charge in [0, 0.05) is 18.6 Å². The summed E-state index contributed by atoms with van der Waals surface area (Å²) in [5, 5.41) is 3.87. The van der Waals surface area contributed by atoms with Gasteiger partial charge in [0.2, 0.25) is 0 Å². The van der Waals surface area contributed by atoms with Crippen molar-refractivity contribution in [3.63, 3.8) is 0 Å². The average Bonchev–Trinajstić information content (AvgIpc) is 2.48. The Labute approximate surface area is 126 Å². The third-order valence-corrected chi connectivity index (χ3v) is 5.31. The van der Waals surface area contributed by atoms with Crippen LogP contribution in [0.1, 0.15) is 52.9 Å². The van der Waals surface area contributed by atoms with Crippen LogP contribution in [0.25, 0.3) is 0 Å². The second-order valence-electron chi connectivity index (χ2n) is 6.99. The first-order chi connectivity index (χ1) is 9.69. The largest absolute Gasteiger partial charge is 0.310 e. The maximum Gasteiger partial charge on any atom is 0.0169 e. The number of likely N-dealkylation sites (tertiary alicyclic amines) is 2. The SMILES string of the molecule is CCN1CCC(C(C)NC(C)CN2CCCCC2)CC1. The first kappa shape index (κ1) is 16.3. The molecule has 2 rings (SSSR count). The summed E-state index contributed by atoms with van der Waals surface area (Å²) in [5.74, 6) is 0.876. The topological polar surface area (TPSA) is 18.5 Å². The van der Waals surface area contributed by atoms with Crippen LogP contribution in [0, 0.1) is 5.92 Å². The number of nitrogens with zero attached hydrogens (tertiary/aromatic N) is 2. The van der Waals surface area contributed by atoms with Crippen LogP contribution >= 0.6 is 0 Å². The van der Waals surface area contributed by atoms with E-state index in [0.29, 0.717) is 12.1 Å². The van der Waals surface area contributed by atoms with Crippen LogP contribution in [0.4, 0.5) is 0 Å². The van der Waals surface area contributed by atoms with E-state index in [1.165, 1.54) is 71.4 Å². The summed E-state index contributed by atoms with van der Waals surface area (Å²) in [5.41, 5.74) is 0. The summed E-state index contributed by atoms with van der Waals surface area (Å²) in [4.78, 5) is 5.23. The Balaban J connectivity index is 1.66. The summed E-state index contributed by atoms with van der Waals surface area (Å²) in [6, 6.07) is 1.31. The molecule has 0 saturated carbocycles. The van der Waals surface area contributed by atoms with Gasteiger partial charge in [-0.3, -0.25) is 0 Å². The van der Waals surface area contributed by atoms with E-state index in [4.69, 9.17) is 0 Å². The fourth-order valence-electron chi connectivity index (χ4n) is 3.94. The van der Waals surface area contributed by atoms with Crippen molar-refractivity contribution in [3.8, 4) is 0 Å². The molecule has 2 aliphatic rings. The molecule has 3 nitrogen and oxygen atoms in total. The van der Waals surface area contributed by atoms with Crippen LogP contribution in [0.2, 0.25) is 0 Å². The van der Waals surface area contributed by atoms with Gasteiger partial charge in [-0.15, -0.1) is 0 Å². The van der Waals surface area contributed by atoms with E-state index in [0.717, 1.165) is 5.92 Å². The number of rotatable bonds is 6. The van der Waals surface area contributed by atoms with Gasteiger partial charge in [-0.1, -0.05) is 13.3 Å². The molecule has 20 heavy (non-hydrogen) atoms. The Morgan fingerprint density at radius 3 is 2.20 bits per heavy atom. The first-order valence-corrected chi connectivity index (χ1v) is 8.89. The molecule has 0 spiro atoms. The van der Waals surface area contributed by atoms with Crippen molar-refractivity contribution in [2.45, 2.75) is 65.0 Å². The zero-order valence-corrected chi connectivity index (χ0v) is 13.9. The lowest BCUT2D eigenvalue weighted by Gasteiger charge is -2.37. The van der Waals surface area contributed by atoms with Crippen molar-refractivity contribution in [1.82, 2.24) is 15.1 Å². The molecule has 2 heterocycles. The lowest BCUT2D eigenvalue weighted by atomic mass is 9.90. The lowest BCUT2D eigenvalue weighted by molar-refractivity contribution is 0.155. The smallest absolute Gasteiger partial charge is 0.0169 e. The average molecular weight is 281 g/mol. The molecule has 0 aromatic rings. The van der Waals surface area contributed by atoms with Crippen molar-refractivity contribution in [1.29, 1.82) is 0 Å². The highest BCUT2D eigenvalue weighted by Gasteiger charge is 2.24. The first-order valence-electron chi connectivity index (χ1n) is 8.89. The second kappa shape index (κ2) is 8.35. The summed E-state index contributed by atoms with van der Waals surface area (Å²) in [7, 11) is 0. The third kappa shape index (κ3) is 5.01. The Morgan fingerprint density at radius 2 is 1.60 bits per heavy atom. The van der Waals surface area contributed by atoms with Crippen LogP contribution in [0.5, 0.6) is 0 Å². The van der Waals surface area contributed by atoms with Gasteiger partial charge in [-0.2, -0.15) is 0 Å². The van der Waals surface area contributed by atoms with E-state index < -0.39 is 0 Å². The van der Waals surface area contributed by atoms with Crippen molar-refractivity contribution in [2.75, 3.05) is 39.3 Å². The molecule has 0 aromatic carbocycles. The normalized spacial score (nSPS) is 26.6. The molecule has 3 heteroatoms. The second-order valence-corrected chi connectivity index (χ2v) is 6.99. The Morgan fingerprint density at radius 1 is 0.950 bits per heavy atom. The zero-order valence-electron chi connectivity index (χ0n) is 13.9. The van der Waals surface area contributed by atoms with E-state index in [1.54, 1.807) is 0 Å². The minimum absolute atomic E-state index is 0.632. The summed E-state index contributed by atoms with van der Waals surface area (Å²) < 4.78 is 0. The summed E-state index contributed by atoms with van der Waals surface area (Å²) >= 11 is 0. The highest BCUT2D eigenvalue weighted by Crippen LogP contribution is 2.20. The number of hydrogen-bond donors (Lipinski definition) is 1. The minimum Gasteiger partial charge on any atom is -0.310 e. The highest BCUT2D eigenvalue weighted by atomic mass is 15.2. The highest BCUT2D eigenvalue weighted by molar-refractivity contribution is 4.82. The molecule has 2 aliphatic heterocycles. The Bertz CT molecular complexity index is 255.